The highest BCUT2D eigenvalue weighted by molar-refractivity contribution is 6.21. The van der Waals surface area contributed by atoms with Crippen molar-refractivity contribution < 1.29 is 34.4 Å². The van der Waals surface area contributed by atoms with Crippen molar-refractivity contribution in [2.45, 2.75) is 86.2 Å². The van der Waals surface area contributed by atoms with Gasteiger partial charge in [0.15, 0.2) is 0 Å². The van der Waals surface area contributed by atoms with Gasteiger partial charge in [0.2, 0.25) is 5.91 Å². The molecule has 1 saturated heterocycles. The van der Waals surface area contributed by atoms with E-state index in [-0.39, 0.29) is 68.4 Å². The smallest absolute Gasteiger partial charge is 0.305 e. The summed E-state index contributed by atoms with van der Waals surface area (Å²) in [6.45, 7) is 12.2. The van der Waals surface area contributed by atoms with Crippen LogP contribution in [0.25, 0.3) is 0 Å². The van der Waals surface area contributed by atoms with Gasteiger partial charge in [0, 0.05) is 73.0 Å². The molecular weight excluding hydrogens is 662 g/mol. The van der Waals surface area contributed by atoms with Crippen LogP contribution in [0, 0.1) is 11.8 Å². The van der Waals surface area contributed by atoms with E-state index >= 15 is 0 Å². The van der Waals surface area contributed by atoms with E-state index < -0.39 is 11.9 Å². The maximum atomic E-state index is 13.5. The van der Waals surface area contributed by atoms with Crippen molar-refractivity contribution in [1.82, 2.24) is 10.2 Å². The summed E-state index contributed by atoms with van der Waals surface area (Å²) in [6, 6.07) is 0. The first kappa shape index (κ1) is 36.7. The first-order valence-electron chi connectivity index (χ1n) is 17.9. The molecule has 0 aromatic rings. The monoisotopic (exact) mass is 709 g/mol. The fourth-order valence-corrected chi connectivity index (χ4v) is 8.02. The van der Waals surface area contributed by atoms with E-state index in [4.69, 9.17) is 19.7 Å². The van der Waals surface area contributed by atoms with Crippen molar-refractivity contribution >= 4 is 35.0 Å². The van der Waals surface area contributed by atoms with Crippen molar-refractivity contribution in [1.29, 1.82) is 0 Å². The second kappa shape index (κ2) is 14.5. The number of hydrogen-bond acceptors (Lipinski definition) is 9. The van der Waals surface area contributed by atoms with E-state index in [1.807, 2.05) is 32.9 Å². The number of carboxylic acid groups (broad SMARTS) is 2. The molecular formula is C40H47N5O7. The number of ether oxygens (including phenoxy) is 1. The molecule has 0 spiro atoms. The molecule has 0 radical (unpaired) electrons. The number of allylic oxidation sites excluding steroid dienone is 11. The van der Waals surface area contributed by atoms with Crippen LogP contribution in [-0.2, 0) is 19.1 Å². The molecule has 0 aromatic carbocycles. The molecule has 5 aliphatic heterocycles. The highest BCUT2D eigenvalue weighted by Gasteiger charge is 2.41. The summed E-state index contributed by atoms with van der Waals surface area (Å²) >= 11 is 0. The zero-order valence-corrected chi connectivity index (χ0v) is 30.9. The van der Waals surface area contributed by atoms with E-state index in [0.717, 1.165) is 85.3 Å². The van der Waals surface area contributed by atoms with Crippen LogP contribution in [0.2, 0.25) is 0 Å². The molecule has 1 aliphatic carbocycles. The topological polar surface area (TPSA) is 173 Å². The largest absolute Gasteiger partial charge is 0.511 e. The lowest BCUT2D eigenvalue weighted by atomic mass is 9.86. The van der Waals surface area contributed by atoms with Gasteiger partial charge in [0.1, 0.15) is 5.76 Å². The molecule has 0 aromatic heterocycles. The van der Waals surface area contributed by atoms with Gasteiger partial charge in [-0.15, -0.1) is 0 Å². The number of aliphatic hydroxyl groups excluding tert-OH is 1. The average Bonchev–Trinajstić information content (AvgIpc) is 3.85. The highest BCUT2D eigenvalue weighted by atomic mass is 16.5. The van der Waals surface area contributed by atoms with Crippen molar-refractivity contribution in [3.63, 3.8) is 0 Å². The summed E-state index contributed by atoms with van der Waals surface area (Å²) in [7, 11) is 1.68. The normalized spacial score (nSPS) is 22.8. The second-order valence-electron chi connectivity index (χ2n) is 14.1. The lowest BCUT2D eigenvalue weighted by molar-refractivity contribution is -0.139. The van der Waals surface area contributed by atoms with Crippen LogP contribution >= 0.6 is 0 Å². The summed E-state index contributed by atoms with van der Waals surface area (Å²) in [5.41, 5.74) is 13.1. The molecule has 8 bridgehead atoms. The zero-order chi connectivity index (χ0) is 37.6. The number of aliphatic imine (C=N–C) groups is 3. The number of fused-ring (bicyclic) bond motifs is 5. The number of hydrogen-bond donors (Lipinski definition) is 4. The van der Waals surface area contributed by atoms with Crippen LogP contribution in [0.5, 0.6) is 0 Å². The predicted molar refractivity (Wildman–Crippen MR) is 199 cm³/mol. The molecule has 274 valence electrons. The number of carbonyl (C=O) groups excluding carboxylic acids is 1. The Kier molecular flexibility index (Phi) is 10.2. The number of aliphatic hydroxyl groups is 1. The van der Waals surface area contributed by atoms with E-state index in [9.17, 15) is 29.7 Å². The minimum absolute atomic E-state index is 0.0659. The number of carbonyl (C=O) groups is 3. The fraction of sp³-hybridized carbons (Fsp3) is 0.450. The molecule has 12 nitrogen and oxygen atoms in total. The Bertz CT molecular complexity index is 1990. The van der Waals surface area contributed by atoms with Gasteiger partial charge in [-0.3, -0.25) is 14.4 Å². The molecule has 4 N–H and O–H groups in total. The van der Waals surface area contributed by atoms with Gasteiger partial charge in [-0.25, -0.2) is 15.0 Å². The van der Waals surface area contributed by atoms with E-state index in [2.05, 4.69) is 32.2 Å². The Hall–Kier alpha value is -5.10. The average molecular weight is 710 g/mol. The summed E-state index contributed by atoms with van der Waals surface area (Å²) in [5, 5.41) is 33.6. The van der Waals surface area contributed by atoms with Crippen LogP contribution in [0.15, 0.2) is 106 Å². The van der Waals surface area contributed by atoms with Gasteiger partial charge in [-0.1, -0.05) is 13.8 Å². The molecule has 0 saturated carbocycles. The molecule has 1 unspecified atom stereocenters. The lowest BCUT2D eigenvalue weighted by Gasteiger charge is -2.23. The number of methoxy groups -OCH3 is 1. The van der Waals surface area contributed by atoms with Gasteiger partial charge in [0.05, 0.1) is 53.2 Å². The van der Waals surface area contributed by atoms with Crippen molar-refractivity contribution in [3.05, 3.63) is 91.5 Å². The lowest BCUT2D eigenvalue weighted by Crippen LogP contribution is -2.35. The standard InChI is InChI=1S/C40H47N5O7/c1-8-24-19(2)27-18-32-37(23(6)52-7)21(4)29(42-32)16-28-20(3)25(9-10-34(47)45(13-11-35(48)49)14-12-36(50)51)39(43-28)26-15-33(46)38-22(5)30(44-40(26)38)17-31(24)41-27/h16-18,20,23,25,43,46H,8-15H2,1-7H3,(H,48,49)(H,50,51)/t20-,23?,25-/m0/s1. The summed E-state index contributed by atoms with van der Waals surface area (Å²) in [4.78, 5) is 52.8. The van der Waals surface area contributed by atoms with Crippen molar-refractivity contribution in [3.8, 4) is 0 Å². The SMILES string of the molecule is CCC1=C(C)C2=NC1=CC1=C(C)C3=C(O)CC(=C4NC(=CC5=NC(=C2)C(C(C)OC)=C5C)[C@@H](C)[C@@H]4CCC(=O)N(CCC(=O)O)CCC(=O)O)C3=N1. The van der Waals surface area contributed by atoms with Crippen molar-refractivity contribution in [2.24, 2.45) is 26.8 Å². The Morgan fingerprint density at radius 2 is 1.60 bits per heavy atom. The number of nitrogens with one attached hydrogen (secondary N) is 1. The number of carboxylic acids is 2. The molecule has 12 heteroatoms. The van der Waals surface area contributed by atoms with Gasteiger partial charge in [-0.2, -0.15) is 0 Å². The maximum absolute atomic E-state index is 13.5. The van der Waals surface area contributed by atoms with E-state index in [1.54, 1.807) is 7.11 Å². The van der Waals surface area contributed by atoms with Gasteiger partial charge >= 0.3 is 11.9 Å². The van der Waals surface area contributed by atoms with Crippen LogP contribution in [0.3, 0.4) is 0 Å². The summed E-state index contributed by atoms with van der Waals surface area (Å²) < 4.78 is 5.82. The maximum Gasteiger partial charge on any atom is 0.305 e. The fourth-order valence-electron chi connectivity index (χ4n) is 8.02. The Labute approximate surface area is 303 Å². The Balaban J connectivity index is 1.47. The highest BCUT2D eigenvalue weighted by Crippen LogP contribution is 2.46. The third-order valence-electron chi connectivity index (χ3n) is 11.1. The van der Waals surface area contributed by atoms with Crippen molar-refractivity contribution in [2.75, 3.05) is 20.2 Å². The molecule has 6 aliphatic rings. The number of amides is 1. The first-order chi connectivity index (χ1) is 24.7. The van der Waals surface area contributed by atoms with Crippen LogP contribution in [0.4, 0.5) is 0 Å². The Morgan fingerprint density at radius 1 is 0.942 bits per heavy atom. The summed E-state index contributed by atoms with van der Waals surface area (Å²) in [5.74, 6) is -2.45. The molecule has 3 atom stereocenters. The van der Waals surface area contributed by atoms with Crippen LogP contribution in [0.1, 0.15) is 80.1 Å². The Morgan fingerprint density at radius 3 is 2.23 bits per heavy atom. The second-order valence-corrected chi connectivity index (χ2v) is 14.1. The first-order valence-corrected chi connectivity index (χ1v) is 17.9. The van der Waals surface area contributed by atoms with Gasteiger partial charge < -0.3 is 30.3 Å². The quantitative estimate of drug-likeness (QED) is 0.184. The molecule has 52 heavy (non-hydrogen) atoms. The van der Waals surface area contributed by atoms with Gasteiger partial charge in [-0.05, 0) is 81.1 Å². The van der Waals surface area contributed by atoms with Gasteiger partial charge in [0.25, 0.3) is 0 Å². The number of nitrogens with zero attached hydrogens (tertiary/aromatic N) is 4. The minimum Gasteiger partial charge on any atom is -0.511 e. The van der Waals surface area contributed by atoms with Crippen LogP contribution < -0.4 is 5.32 Å². The zero-order valence-electron chi connectivity index (χ0n) is 30.9. The minimum atomic E-state index is -1.06. The number of aliphatic carboxylic acids is 2. The van der Waals surface area contributed by atoms with E-state index in [0.29, 0.717) is 12.1 Å². The third-order valence-corrected chi connectivity index (χ3v) is 11.1. The molecule has 1 fully saturated rings. The third kappa shape index (κ3) is 6.67. The summed E-state index contributed by atoms with van der Waals surface area (Å²) in [6.07, 6.45) is 6.88. The van der Waals surface area contributed by atoms with Crippen LogP contribution in [-0.4, -0.2) is 81.5 Å². The molecule has 6 rings (SSSR count). The molecule has 5 heterocycles. The molecule has 1 amide bonds. The predicted octanol–water partition coefficient (Wildman–Crippen LogP) is 6.25. The van der Waals surface area contributed by atoms with E-state index in [1.165, 1.54) is 4.90 Å². The number of rotatable bonds is 12.